The number of aromatic nitrogens is 1. The molecular formula is C33H41ClFN3O4P2S. The Morgan fingerprint density at radius 3 is 2.47 bits per heavy atom. The number of pyridine rings is 1. The van der Waals surface area contributed by atoms with E-state index >= 15 is 0 Å². The molecule has 0 saturated heterocycles. The second-order valence-corrected chi connectivity index (χ2v) is 13.4. The first-order valence-corrected chi connectivity index (χ1v) is 17.7. The quantitative estimate of drug-likeness (QED) is 0.184. The van der Waals surface area contributed by atoms with Crippen LogP contribution in [0.3, 0.4) is 0 Å². The molecule has 12 heteroatoms. The lowest BCUT2D eigenvalue weighted by Crippen LogP contribution is -2.40. The number of rotatable bonds is 8. The average molecular weight is 692 g/mol. The van der Waals surface area contributed by atoms with Crippen LogP contribution < -0.4 is 10.6 Å². The van der Waals surface area contributed by atoms with Crippen molar-refractivity contribution in [2.75, 3.05) is 27.1 Å². The zero-order valence-electron chi connectivity index (χ0n) is 25.8. The van der Waals surface area contributed by atoms with Gasteiger partial charge >= 0.3 is 0 Å². The molecule has 1 saturated carbocycles. The highest BCUT2D eigenvalue weighted by molar-refractivity contribution is 7.57. The average Bonchev–Trinajstić information content (AvgIpc) is 3.43. The third kappa shape index (κ3) is 10.5. The molecule has 2 aromatic carbocycles. The second-order valence-electron chi connectivity index (χ2n) is 10.3. The van der Waals surface area contributed by atoms with Crippen molar-refractivity contribution in [2.45, 2.75) is 51.6 Å². The molecular weight excluding hydrogens is 651 g/mol. The van der Waals surface area contributed by atoms with Crippen LogP contribution in [0.1, 0.15) is 54.3 Å². The van der Waals surface area contributed by atoms with Gasteiger partial charge in [-0.2, -0.15) is 0 Å². The molecule has 2 heterocycles. The van der Waals surface area contributed by atoms with Gasteiger partial charge in [-0.1, -0.05) is 55.1 Å². The number of ether oxygens (including phenoxy) is 1. The Morgan fingerprint density at radius 1 is 1.16 bits per heavy atom. The number of methoxy groups -OCH3 is 1. The van der Waals surface area contributed by atoms with Crippen LogP contribution in [0.2, 0.25) is 5.02 Å². The first-order chi connectivity index (χ1) is 21.7. The fourth-order valence-corrected chi connectivity index (χ4v) is 7.39. The summed E-state index contributed by atoms with van der Waals surface area (Å²) >= 11 is 7.91. The number of fused-ring (bicyclic) bond motifs is 1. The standard InChI is InChI=1S/C27H25ClFN2OPS.C4H10NO2P.C2H6O/c28-24-23-21(29)9-10-22(33)25(23)34-26(24)27(32)31(20-7-2-1-3-8-20)16-17-5-4-6-19(15-17)18-11-13-30-14-12-18;1-5-4(6)8-3-7-2;1-2-3/h4-6,9-15,20H,1-3,7-8,16,33H2;8H,3H2,1-2H3,(H,5,6);3H,2H2,1H3. The molecule has 2 atom stereocenters. The van der Waals surface area contributed by atoms with E-state index in [4.69, 9.17) is 16.7 Å². The summed E-state index contributed by atoms with van der Waals surface area (Å²) in [5, 5.41) is 11.5. The molecule has 45 heavy (non-hydrogen) atoms. The molecule has 0 aliphatic heterocycles. The number of halogens is 2. The van der Waals surface area contributed by atoms with Crippen LogP contribution in [0, 0.1) is 5.82 Å². The number of aliphatic hydroxyl groups excluding tert-OH is 1. The number of nitrogens with one attached hydrogen (secondary N) is 1. The number of carbonyl (C=O) groups excluding carboxylic acids is 2. The lowest BCUT2D eigenvalue weighted by Gasteiger charge is -2.34. The minimum Gasteiger partial charge on any atom is -0.397 e. The number of amides is 2. The predicted octanol–water partition coefficient (Wildman–Crippen LogP) is 7.84. The number of aliphatic hydroxyl groups is 1. The number of hydrogen-bond acceptors (Lipinski definition) is 6. The molecule has 2 unspecified atom stereocenters. The maximum Gasteiger partial charge on any atom is 0.266 e. The van der Waals surface area contributed by atoms with Crippen LogP contribution in [0.15, 0.2) is 60.9 Å². The maximum absolute atomic E-state index is 14.6. The fourth-order valence-electron chi connectivity index (χ4n) is 4.99. The third-order valence-corrected chi connectivity index (χ3v) is 10.5. The molecule has 2 aromatic heterocycles. The maximum atomic E-state index is 14.6. The topological polar surface area (TPSA) is 91.8 Å². The lowest BCUT2D eigenvalue weighted by molar-refractivity contribution is 0.0619. The van der Waals surface area contributed by atoms with Crippen molar-refractivity contribution in [1.29, 1.82) is 0 Å². The van der Waals surface area contributed by atoms with E-state index in [1.165, 1.54) is 23.8 Å². The van der Waals surface area contributed by atoms with Crippen molar-refractivity contribution in [3.05, 3.63) is 82.2 Å². The van der Waals surface area contributed by atoms with Crippen LogP contribution in [0.5, 0.6) is 0 Å². The van der Waals surface area contributed by atoms with E-state index in [2.05, 4.69) is 42.5 Å². The van der Waals surface area contributed by atoms with Crippen molar-refractivity contribution < 1.29 is 23.8 Å². The monoisotopic (exact) mass is 691 g/mol. The highest BCUT2D eigenvalue weighted by Gasteiger charge is 2.30. The van der Waals surface area contributed by atoms with Gasteiger partial charge in [0, 0.05) is 64.4 Å². The Labute approximate surface area is 277 Å². The molecule has 2 N–H and O–H groups in total. The molecule has 1 aliphatic rings. The van der Waals surface area contributed by atoms with Crippen molar-refractivity contribution >= 4 is 67.7 Å². The SMILES string of the molecule is CCO.CNC(=O)PCOC.O=C(c1sc2c(P)ccc(F)c2c1Cl)N(Cc1cccc(-c2ccncc2)c1)C1CCCCC1. The predicted molar refractivity (Wildman–Crippen MR) is 190 cm³/mol. The molecule has 7 nitrogen and oxygen atoms in total. The van der Waals surface area contributed by atoms with Gasteiger partial charge in [0.15, 0.2) is 0 Å². The highest BCUT2D eigenvalue weighted by Crippen LogP contribution is 2.39. The summed E-state index contributed by atoms with van der Waals surface area (Å²) in [7, 11) is 6.04. The number of nitrogens with zero attached hydrogens (tertiary/aromatic N) is 2. The molecule has 0 bridgehead atoms. The normalized spacial score (nSPS) is 13.1. The van der Waals surface area contributed by atoms with E-state index in [1.54, 1.807) is 39.5 Å². The summed E-state index contributed by atoms with van der Waals surface area (Å²) in [6.07, 6.45) is 9.45. The number of carbonyl (C=O) groups is 2. The Morgan fingerprint density at radius 2 is 1.84 bits per heavy atom. The van der Waals surface area contributed by atoms with Gasteiger partial charge in [-0.3, -0.25) is 14.6 Å². The van der Waals surface area contributed by atoms with Crippen LogP contribution in [-0.2, 0) is 11.3 Å². The summed E-state index contributed by atoms with van der Waals surface area (Å²) in [5.41, 5.74) is 3.28. The van der Waals surface area contributed by atoms with E-state index in [0.29, 0.717) is 27.9 Å². The Bertz CT molecular complexity index is 1540. The Balaban J connectivity index is 0.000000434. The summed E-state index contributed by atoms with van der Waals surface area (Å²) in [4.78, 5) is 30.8. The lowest BCUT2D eigenvalue weighted by atomic mass is 9.93. The van der Waals surface area contributed by atoms with Gasteiger partial charge in [0.25, 0.3) is 5.91 Å². The zero-order valence-corrected chi connectivity index (χ0v) is 29.5. The number of thiophene rings is 1. The van der Waals surface area contributed by atoms with Gasteiger partial charge < -0.3 is 20.1 Å². The van der Waals surface area contributed by atoms with Crippen LogP contribution in [-0.4, -0.2) is 59.7 Å². The molecule has 4 aromatic rings. The largest absolute Gasteiger partial charge is 0.397 e. The van der Waals surface area contributed by atoms with Gasteiger partial charge in [-0.15, -0.1) is 20.6 Å². The molecule has 1 fully saturated rings. The summed E-state index contributed by atoms with van der Waals surface area (Å²) in [5.74, 6) is -0.507. The van der Waals surface area contributed by atoms with Crippen molar-refractivity contribution in [3.63, 3.8) is 0 Å². The first kappa shape index (κ1) is 37.0. The van der Waals surface area contributed by atoms with Gasteiger partial charge in [0.1, 0.15) is 10.7 Å². The summed E-state index contributed by atoms with van der Waals surface area (Å²) in [6.45, 7) is 2.42. The van der Waals surface area contributed by atoms with Crippen molar-refractivity contribution in [1.82, 2.24) is 15.2 Å². The molecule has 242 valence electrons. The summed E-state index contributed by atoms with van der Waals surface area (Å²) in [6, 6.07) is 15.5. The highest BCUT2D eigenvalue weighted by atomic mass is 35.5. The van der Waals surface area contributed by atoms with Crippen molar-refractivity contribution in [2.24, 2.45) is 0 Å². The molecule has 0 radical (unpaired) electrons. The Hall–Kier alpha value is -2.51. The molecule has 5 rings (SSSR count). The van der Waals surface area contributed by atoms with Crippen molar-refractivity contribution in [3.8, 4) is 11.1 Å². The van der Waals surface area contributed by atoms with E-state index < -0.39 is 5.82 Å². The number of benzene rings is 2. The first-order valence-electron chi connectivity index (χ1n) is 14.8. The van der Waals surface area contributed by atoms with Gasteiger partial charge in [0.05, 0.1) is 11.4 Å². The van der Waals surface area contributed by atoms with Gasteiger partial charge in [-0.25, -0.2) is 4.39 Å². The van der Waals surface area contributed by atoms with Gasteiger partial charge in [-0.05, 0) is 66.0 Å². The minimum absolute atomic E-state index is 0.0480. The van der Waals surface area contributed by atoms with E-state index in [1.807, 2.05) is 23.1 Å². The van der Waals surface area contributed by atoms with Crippen LogP contribution in [0.4, 0.5) is 9.18 Å². The van der Waals surface area contributed by atoms with Gasteiger partial charge in [0.2, 0.25) is 5.65 Å². The molecule has 0 spiro atoms. The van der Waals surface area contributed by atoms with E-state index in [9.17, 15) is 14.0 Å². The van der Waals surface area contributed by atoms with E-state index in [-0.39, 0.29) is 37.8 Å². The molecule has 2 amide bonds. The third-order valence-electron chi connectivity index (χ3n) is 7.13. The fraction of sp³-hybridized carbons (Fsp3) is 0.364. The zero-order chi connectivity index (χ0) is 32.8. The minimum atomic E-state index is -0.393. The smallest absolute Gasteiger partial charge is 0.266 e. The summed E-state index contributed by atoms with van der Waals surface area (Å²) < 4.78 is 20.0. The molecule has 1 aliphatic carbocycles. The second kappa shape index (κ2) is 19.2. The number of hydrogen-bond donors (Lipinski definition) is 2. The van der Waals surface area contributed by atoms with Crippen LogP contribution in [0.25, 0.3) is 21.2 Å². The Kier molecular flexibility index (Phi) is 15.8. The van der Waals surface area contributed by atoms with Crippen LogP contribution >= 0.6 is 40.8 Å². The van der Waals surface area contributed by atoms with E-state index in [0.717, 1.165) is 47.7 Å².